The van der Waals surface area contributed by atoms with Gasteiger partial charge in [0, 0.05) is 16.7 Å². The van der Waals surface area contributed by atoms with Crippen LogP contribution in [-0.4, -0.2) is 15.0 Å². The fourth-order valence-corrected chi connectivity index (χ4v) is 10.6. The third-order valence-electron chi connectivity index (χ3n) is 13.6. The molecule has 1 heterocycles. The minimum atomic E-state index is -0.512. The molecule has 0 saturated heterocycles. The predicted octanol–water partition coefficient (Wildman–Crippen LogP) is 16.4. The SMILES string of the molecule is C=CC=C(C=CC)c1cc(-c2ccccc2)cc(-c2nc(-c3cc(-c4ccccc4)cc(-c4ccccc4)c3)nc(-c3ccc4c(c3)C3(c5ccccc5-c5ccccc53)c3ccccc3-4)n2)c1. The Morgan fingerprint density at radius 2 is 0.750 bits per heavy atom. The van der Waals surface area contributed by atoms with Gasteiger partial charge in [-0.15, -0.1) is 0 Å². The lowest BCUT2D eigenvalue weighted by Gasteiger charge is -2.30. The van der Waals surface area contributed by atoms with Crippen LogP contribution in [-0.2, 0) is 5.41 Å². The molecule has 1 spiro atoms. The van der Waals surface area contributed by atoms with Crippen LogP contribution in [0.5, 0.6) is 0 Å². The molecule has 0 N–H and O–H groups in total. The van der Waals surface area contributed by atoms with E-state index in [1.165, 1.54) is 44.5 Å². The third-order valence-corrected chi connectivity index (χ3v) is 13.6. The minimum absolute atomic E-state index is 0.512. The van der Waals surface area contributed by atoms with Crippen molar-refractivity contribution in [1.82, 2.24) is 15.0 Å². The molecule has 2 aliphatic carbocycles. The van der Waals surface area contributed by atoms with Crippen molar-refractivity contribution in [2.24, 2.45) is 0 Å². The van der Waals surface area contributed by atoms with E-state index in [0.29, 0.717) is 17.5 Å². The van der Waals surface area contributed by atoms with Gasteiger partial charge in [0.25, 0.3) is 0 Å². The fraction of sp³-hybridized carbons (Fsp3) is 0.0308. The Morgan fingerprint density at radius 3 is 1.22 bits per heavy atom. The summed E-state index contributed by atoms with van der Waals surface area (Å²) in [7, 11) is 0. The highest BCUT2D eigenvalue weighted by atomic mass is 15.0. The van der Waals surface area contributed by atoms with E-state index in [-0.39, 0.29) is 0 Å². The Balaban J connectivity index is 1.13. The van der Waals surface area contributed by atoms with Gasteiger partial charge in [0.2, 0.25) is 0 Å². The first kappa shape index (κ1) is 40.7. The van der Waals surface area contributed by atoms with Crippen molar-refractivity contribution in [2.75, 3.05) is 0 Å². The number of nitrogens with zero attached hydrogens (tertiary/aromatic N) is 3. The maximum absolute atomic E-state index is 5.49. The molecule has 9 aromatic carbocycles. The van der Waals surface area contributed by atoms with Crippen molar-refractivity contribution in [3.63, 3.8) is 0 Å². The van der Waals surface area contributed by atoms with Crippen LogP contribution >= 0.6 is 0 Å². The van der Waals surface area contributed by atoms with E-state index in [2.05, 4.69) is 243 Å². The van der Waals surface area contributed by atoms with E-state index in [4.69, 9.17) is 15.0 Å². The van der Waals surface area contributed by atoms with Crippen LogP contribution in [0.3, 0.4) is 0 Å². The summed E-state index contributed by atoms with van der Waals surface area (Å²) in [5, 5.41) is 0. The molecule has 0 aliphatic heterocycles. The summed E-state index contributed by atoms with van der Waals surface area (Å²) in [5.74, 6) is 1.78. The first-order valence-corrected chi connectivity index (χ1v) is 23.2. The van der Waals surface area contributed by atoms with Crippen LogP contribution in [0.25, 0.3) is 95.4 Å². The van der Waals surface area contributed by atoms with Gasteiger partial charge in [-0.05, 0) is 138 Å². The molecule has 0 atom stereocenters. The molecule has 68 heavy (non-hydrogen) atoms. The Bertz CT molecular complexity index is 3520. The van der Waals surface area contributed by atoms with Crippen LogP contribution in [0.15, 0.2) is 249 Å². The second-order valence-corrected chi connectivity index (χ2v) is 17.5. The van der Waals surface area contributed by atoms with Crippen molar-refractivity contribution in [3.8, 4) is 89.8 Å². The normalized spacial score (nSPS) is 13.0. The van der Waals surface area contributed by atoms with Gasteiger partial charge >= 0.3 is 0 Å². The Kier molecular flexibility index (Phi) is 10.1. The van der Waals surface area contributed by atoms with Gasteiger partial charge in [0.1, 0.15) is 0 Å². The Morgan fingerprint density at radius 1 is 0.368 bits per heavy atom. The number of hydrogen-bond donors (Lipinski definition) is 0. The number of allylic oxidation sites excluding steroid dienone is 5. The van der Waals surface area contributed by atoms with Crippen LogP contribution in [0.1, 0.15) is 34.7 Å². The van der Waals surface area contributed by atoms with Crippen molar-refractivity contribution in [1.29, 1.82) is 0 Å². The molecular formula is C65H45N3. The monoisotopic (exact) mass is 867 g/mol. The quantitative estimate of drug-likeness (QED) is 0.136. The highest BCUT2D eigenvalue weighted by Gasteiger charge is 2.51. The summed E-state index contributed by atoms with van der Waals surface area (Å²) in [5.41, 5.74) is 21.0. The van der Waals surface area contributed by atoms with Crippen LogP contribution in [0, 0.1) is 0 Å². The predicted molar refractivity (Wildman–Crippen MR) is 282 cm³/mol. The highest BCUT2D eigenvalue weighted by molar-refractivity contribution is 5.96. The molecule has 0 radical (unpaired) electrons. The molecule has 0 fully saturated rings. The highest BCUT2D eigenvalue weighted by Crippen LogP contribution is 2.63. The van der Waals surface area contributed by atoms with Crippen molar-refractivity contribution < 1.29 is 0 Å². The van der Waals surface area contributed by atoms with Gasteiger partial charge in [-0.25, -0.2) is 15.0 Å². The van der Waals surface area contributed by atoms with Gasteiger partial charge in [-0.1, -0.05) is 207 Å². The molecule has 12 rings (SSSR count). The van der Waals surface area contributed by atoms with Gasteiger partial charge in [0.05, 0.1) is 5.41 Å². The van der Waals surface area contributed by atoms with Crippen LogP contribution < -0.4 is 0 Å². The van der Waals surface area contributed by atoms with Crippen molar-refractivity contribution in [3.05, 3.63) is 277 Å². The molecule has 10 aromatic rings. The second-order valence-electron chi connectivity index (χ2n) is 17.5. The van der Waals surface area contributed by atoms with Gasteiger partial charge in [0.15, 0.2) is 17.5 Å². The number of rotatable bonds is 9. The van der Waals surface area contributed by atoms with E-state index in [1.54, 1.807) is 0 Å². The summed E-state index contributed by atoms with van der Waals surface area (Å²) in [6.45, 7) is 6.10. The lowest BCUT2D eigenvalue weighted by atomic mass is 9.70. The van der Waals surface area contributed by atoms with Gasteiger partial charge < -0.3 is 0 Å². The molecule has 0 amide bonds. The largest absolute Gasteiger partial charge is 0.208 e. The number of benzene rings is 9. The van der Waals surface area contributed by atoms with Gasteiger partial charge in [-0.3, -0.25) is 0 Å². The molecule has 320 valence electrons. The molecule has 3 heteroatoms. The third kappa shape index (κ3) is 6.79. The Labute approximate surface area is 397 Å². The number of aromatic nitrogens is 3. The van der Waals surface area contributed by atoms with Gasteiger partial charge in [-0.2, -0.15) is 0 Å². The fourth-order valence-electron chi connectivity index (χ4n) is 10.6. The van der Waals surface area contributed by atoms with E-state index in [1.807, 2.05) is 13.0 Å². The summed E-state index contributed by atoms with van der Waals surface area (Å²) < 4.78 is 0. The van der Waals surface area contributed by atoms with E-state index < -0.39 is 5.41 Å². The average Bonchev–Trinajstić information content (AvgIpc) is 3.88. The first-order valence-electron chi connectivity index (χ1n) is 23.2. The zero-order chi connectivity index (χ0) is 45.6. The van der Waals surface area contributed by atoms with E-state index in [9.17, 15) is 0 Å². The molecule has 2 aliphatic rings. The summed E-state index contributed by atoms with van der Waals surface area (Å²) in [6, 6.07) is 78.6. The number of fused-ring (bicyclic) bond motifs is 10. The zero-order valence-electron chi connectivity index (χ0n) is 37.6. The molecule has 0 bridgehead atoms. The topological polar surface area (TPSA) is 38.7 Å². The lowest BCUT2D eigenvalue weighted by molar-refractivity contribution is 0.794. The molecule has 0 unspecified atom stereocenters. The lowest BCUT2D eigenvalue weighted by Crippen LogP contribution is -2.25. The van der Waals surface area contributed by atoms with Crippen molar-refractivity contribution in [2.45, 2.75) is 12.3 Å². The first-order chi connectivity index (χ1) is 33.6. The second kappa shape index (κ2) is 16.9. The average molecular weight is 868 g/mol. The smallest absolute Gasteiger partial charge is 0.164 e. The molecule has 0 saturated carbocycles. The maximum atomic E-state index is 5.49. The number of hydrogen-bond acceptors (Lipinski definition) is 3. The minimum Gasteiger partial charge on any atom is -0.208 e. The van der Waals surface area contributed by atoms with Crippen LogP contribution in [0.2, 0.25) is 0 Å². The maximum Gasteiger partial charge on any atom is 0.164 e. The Hall–Kier alpha value is -8.79. The zero-order valence-corrected chi connectivity index (χ0v) is 37.6. The summed E-state index contributed by atoms with van der Waals surface area (Å²) in [6.07, 6.45) is 8.08. The van der Waals surface area contributed by atoms with Crippen LogP contribution in [0.4, 0.5) is 0 Å². The summed E-state index contributed by atoms with van der Waals surface area (Å²) in [4.78, 5) is 16.4. The summed E-state index contributed by atoms with van der Waals surface area (Å²) >= 11 is 0. The van der Waals surface area contributed by atoms with E-state index >= 15 is 0 Å². The van der Waals surface area contributed by atoms with E-state index in [0.717, 1.165) is 61.2 Å². The molecular weight excluding hydrogens is 823 g/mol. The standard InChI is InChI=1S/C65H45N3/c1-3-20-43(21-4-2)48-36-49(44-22-8-5-9-23-44)39-52(38-48)63-66-62(67-64(68-63)53-40-50(45-24-10-6-11-25-45)37-51(41-53)46-26-12-7-13-27-46)47-34-35-57-56-30-16-19-33-60(56)65(61(57)42-47)58-31-17-14-28-54(58)55-29-15-18-32-59(55)65/h3-42H,1H2,2H3. The van der Waals surface area contributed by atoms with Crippen molar-refractivity contribution >= 4 is 5.57 Å². The molecule has 1 aromatic heterocycles. The molecule has 3 nitrogen and oxygen atoms in total.